The van der Waals surface area contributed by atoms with Crippen LogP contribution in [0.2, 0.25) is 0 Å². The maximum atomic E-state index is 5.85. The normalized spacial score (nSPS) is 10.0. The summed E-state index contributed by atoms with van der Waals surface area (Å²) in [5.41, 5.74) is 7.33. The lowest BCUT2D eigenvalue weighted by Gasteiger charge is -2.09. The van der Waals surface area contributed by atoms with Crippen LogP contribution in [0.25, 0.3) is 0 Å². The first-order chi connectivity index (χ1) is 8.19. The highest BCUT2D eigenvalue weighted by molar-refractivity contribution is 5.57. The molecule has 17 heavy (non-hydrogen) atoms. The Hall–Kier alpha value is -2.23. The van der Waals surface area contributed by atoms with Crippen molar-refractivity contribution in [1.82, 2.24) is 4.98 Å². The molecule has 1 aromatic heterocycles. The van der Waals surface area contributed by atoms with Crippen LogP contribution in [0, 0.1) is 6.92 Å². The van der Waals surface area contributed by atoms with Gasteiger partial charge in [0.2, 0.25) is 0 Å². The molecule has 4 nitrogen and oxygen atoms in total. The molecule has 0 amide bonds. The Labute approximate surface area is 100 Å². The highest BCUT2D eigenvalue weighted by atomic mass is 16.5. The molecular formula is C13H14N2O2. The average Bonchev–Trinajstić information content (AvgIpc) is 2.34. The molecule has 0 spiro atoms. The third kappa shape index (κ3) is 2.66. The lowest BCUT2D eigenvalue weighted by Crippen LogP contribution is -1.94. The van der Waals surface area contributed by atoms with E-state index < -0.39 is 0 Å². The van der Waals surface area contributed by atoms with Gasteiger partial charge in [-0.25, -0.2) is 0 Å². The van der Waals surface area contributed by atoms with Crippen molar-refractivity contribution in [2.45, 2.75) is 6.92 Å². The summed E-state index contributed by atoms with van der Waals surface area (Å²) in [6.45, 7) is 1.92. The van der Waals surface area contributed by atoms with Crippen molar-refractivity contribution in [3.8, 4) is 17.2 Å². The molecule has 1 heterocycles. The molecule has 88 valence electrons. The number of nitrogens with two attached hydrogens (primary N) is 1. The number of hydrogen-bond donors (Lipinski definition) is 1. The minimum atomic E-state index is 0.532. The largest absolute Gasteiger partial charge is 0.497 e. The smallest absolute Gasteiger partial charge is 0.150 e. The van der Waals surface area contributed by atoms with Crippen LogP contribution >= 0.6 is 0 Å². The number of pyridine rings is 1. The quantitative estimate of drug-likeness (QED) is 0.824. The van der Waals surface area contributed by atoms with E-state index in [1.165, 1.54) is 0 Å². The molecule has 0 aliphatic carbocycles. The maximum absolute atomic E-state index is 5.85. The number of anilines is 1. The second-order valence-electron chi connectivity index (χ2n) is 3.64. The topological polar surface area (TPSA) is 57.4 Å². The Morgan fingerprint density at radius 2 is 1.88 bits per heavy atom. The van der Waals surface area contributed by atoms with Gasteiger partial charge in [0.15, 0.2) is 5.75 Å². The molecule has 0 atom stereocenters. The minimum Gasteiger partial charge on any atom is -0.497 e. The van der Waals surface area contributed by atoms with Crippen LogP contribution in [0.15, 0.2) is 36.5 Å². The molecule has 0 saturated carbocycles. The Bertz CT molecular complexity index is 509. The molecule has 0 unspecified atom stereocenters. The summed E-state index contributed by atoms with van der Waals surface area (Å²) in [5.74, 6) is 1.96. The standard InChI is InChI=1S/C13H14N2O2/c1-9-3-4-11(8-15-9)17-13-6-5-10(16-2)7-12(13)14/h3-8H,14H2,1-2H3. The van der Waals surface area contributed by atoms with Gasteiger partial charge >= 0.3 is 0 Å². The second kappa shape index (κ2) is 4.74. The van der Waals surface area contributed by atoms with Gasteiger partial charge in [0.1, 0.15) is 11.5 Å². The molecule has 2 aromatic rings. The van der Waals surface area contributed by atoms with Gasteiger partial charge in [-0.1, -0.05) is 0 Å². The number of ether oxygens (including phenoxy) is 2. The zero-order chi connectivity index (χ0) is 12.3. The van der Waals surface area contributed by atoms with Gasteiger partial charge in [0.25, 0.3) is 0 Å². The van der Waals surface area contributed by atoms with Crippen molar-refractivity contribution in [1.29, 1.82) is 0 Å². The number of aryl methyl sites for hydroxylation is 1. The van der Waals surface area contributed by atoms with E-state index in [4.69, 9.17) is 15.2 Å². The van der Waals surface area contributed by atoms with E-state index in [9.17, 15) is 0 Å². The first kappa shape index (κ1) is 11.3. The van der Waals surface area contributed by atoms with Crippen LogP contribution in [0.3, 0.4) is 0 Å². The van der Waals surface area contributed by atoms with Crippen molar-refractivity contribution in [2.24, 2.45) is 0 Å². The summed E-state index contributed by atoms with van der Waals surface area (Å²) >= 11 is 0. The van der Waals surface area contributed by atoms with Crippen molar-refractivity contribution in [3.63, 3.8) is 0 Å². The molecule has 0 saturated heterocycles. The number of rotatable bonds is 3. The fraction of sp³-hybridized carbons (Fsp3) is 0.154. The summed E-state index contributed by atoms with van der Waals surface area (Å²) < 4.78 is 10.7. The molecule has 0 fully saturated rings. The molecule has 2 rings (SSSR count). The highest BCUT2D eigenvalue weighted by Gasteiger charge is 2.03. The molecule has 1 aromatic carbocycles. The van der Waals surface area contributed by atoms with E-state index in [0.717, 1.165) is 5.69 Å². The van der Waals surface area contributed by atoms with Gasteiger partial charge in [0, 0.05) is 11.8 Å². The molecular weight excluding hydrogens is 216 g/mol. The van der Waals surface area contributed by atoms with Crippen LogP contribution in [-0.2, 0) is 0 Å². The predicted molar refractivity (Wildman–Crippen MR) is 66.5 cm³/mol. The third-order valence-electron chi connectivity index (χ3n) is 2.33. The first-order valence-electron chi connectivity index (χ1n) is 5.23. The highest BCUT2D eigenvalue weighted by Crippen LogP contribution is 2.30. The number of aromatic nitrogens is 1. The molecule has 0 bridgehead atoms. The van der Waals surface area contributed by atoms with Gasteiger partial charge in [-0.05, 0) is 31.2 Å². The number of methoxy groups -OCH3 is 1. The van der Waals surface area contributed by atoms with Gasteiger partial charge in [0.05, 0.1) is 19.0 Å². The molecule has 0 radical (unpaired) electrons. The minimum absolute atomic E-state index is 0.532. The van der Waals surface area contributed by atoms with Crippen LogP contribution in [0.4, 0.5) is 5.69 Å². The lowest BCUT2D eigenvalue weighted by molar-refractivity contribution is 0.413. The van der Waals surface area contributed by atoms with Crippen molar-refractivity contribution in [3.05, 3.63) is 42.2 Å². The number of benzene rings is 1. The summed E-state index contributed by atoms with van der Waals surface area (Å²) in [4.78, 5) is 4.15. The Kier molecular flexibility index (Phi) is 3.14. The number of nitrogen functional groups attached to an aromatic ring is 1. The van der Waals surface area contributed by atoms with Crippen molar-refractivity contribution < 1.29 is 9.47 Å². The van der Waals surface area contributed by atoms with E-state index in [0.29, 0.717) is 22.9 Å². The SMILES string of the molecule is COc1ccc(Oc2ccc(C)nc2)c(N)c1. The molecule has 2 N–H and O–H groups in total. The van der Waals surface area contributed by atoms with E-state index in [1.807, 2.05) is 19.1 Å². The molecule has 4 heteroatoms. The van der Waals surface area contributed by atoms with E-state index in [1.54, 1.807) is 31.5 Å². The van der Waals surface area contributed by atoms with Crippen LogP contribution in [-0.4, -0.2) is 12.1 Å². The van der Waals surface area contributed by atoms with Crippen LogP contribution in [0.5, 0.6) is 17.2 Å². The van der Waals surface area contributed by atoms with E-state index in [2.05, 4.69) is 4.98 Å². The lowest BCUT2D eigenvalue weighted by atomic mass is 10.3. The Balaban J connectivity index is 2.21. The number of hydrogen-bond acceptors (Lipinski definition) is 4. The molecule has 0 aliphatic rings. The van der Waals surface area contributed by atoms with Crippen LogP contribution < -0.4 is 15.2 Å². The zero-order valence-corrected chi connectivity index (χ0v) is 9.81. The van der Waals surface area contributed by atoms with Gasteiger partial charge < -0.3 is 15.2 Å². The Morgan fingerprint density at radius 1 is 1.12 bits per heavy atom. The Morgan fingerprint density at radius 3 is 2.47 bits per heavy atom. The summed E-state index contributed by atoms with van der Waals surface area (Å²) in [6, 6.07) is 9.03. The molecule has 0 aliphatic heterocycles. The van der Waals surface area contributed by atoms with Gasteiger partial charge in [-0.2, -0.15) is 0 Å². The number of nitrogens with zero attached hydrogens (tertiary/aromatic N) is 1. The zero-order valence-electron chi connectivity index (χ0n) is 9.81. The van der Waals surface area contributed by atoms with Crippen LogP contribution in [0.1, 0.15) is 5.69 Å². The van der Waals surface area contributed by atoms with E-state index in [-0.39, 0.29) is 0 Å². The monoisotopic (exact) mass is 230 g/mol. The predicted octanol–water partition coefficient (Wildman–Crippen LogP) is 2.77. The fourth-order valence-electron chi connectivity index (χ4n) is 1.39. The van der Waals surface area contributed by atoms with Crippen molar-refractivity contribution >= 4 is 5.69 Å². The summed E-state index contributed by atoms with van der Waals surface area (Å²) in [6.07, 6.45) is 1.67. The summed E-state index contributed by atoms with van der Waals surface area (Å²) in [5, 5.41) is 0. The first-order valence-corrected chi connectivity index (χ1v) is 5.23. The maximum Gasteiger partial charge on any atom is 0.150 e. The average molecular weight is 230 g/mol. The van der Waals surface area contributed by atoms with Crippen molar-refractivity contribution in [2.75, 3.05) is 12.8 Å². The van der Waals surface area contributed by atoms with Gasteiger partial charge in [-0.3, -0.25) is 4.98 Å². The third-order valence-corrected chi connectivity index (χ3v) is 2.33. The second-order valence-corrected chi connectivity index (χ2v) is 3.64. The van der Waals surface area contributed by atoms with E-state index >= 15 is 0 Å². The summed E-state index contributed by atoms with van der Waals surface area (Å²) in [7, 11) is 1.60. The van der Waals surface area contributed by atoms with Gasteiger partial charge in [-0.15, -0.1) is 0 Å². The fourth-order valence-corrected chi connectivity index (χ4v) is 1.39.